The normalized spacial score (nSPS) is 10.7. The number of fused-ring (bicyclic) bond motifs is 1. The van der Waals surface area contributed by atoms with E-state index in [9.17, 15) is 14.6 Å². The van der Waals surface area contributed by atoms with Crippen LogP contribution < -0.4 is 21.3 Å². The van der Waals surface area contributed by atoms with Crippen molar-refractivity contribution in [2.45, 2.75) is 19.9 Å². The second kappa shape index (κ2) is 9.23. The Bertz CT molecular complexity index is 1080. The number of nitrogen functional groups attached to an aromatic ring is 1. The Morgan fingerprint density at radius 1 is 1.30 bits per heavy atom. The summed E-state index contributed by atoms with van der Waals surface area (Å²) in [7, 11) is -1.43. The fourth-order valence-electron chi connectivity index (χ4n) is 2.94. The fraction of sp³-hybridized carbons (Fsp3) is 0.200. The Morgan fingerprint density at radius 3 is 2.83 bits per heavy atom. The molecule has 0 aliphatic rings. The minimum absolute atomic E-state index is 0.0110. The van der Waals surface area contributed by atoms with Crippen molar-refractivity contribution in [2.24, 2.45) is 0 Å². The van der Waals surface area contributed by atoms with Gasteiger partial charge in [0.25, 0.3) is 12.4 Å². The molecule has 0 spiro atoms. The van der Waals surface area contributed by atoms with Crippen LogP contribution in [0.3, 0.4) is 0 Å². The number of nitrogens with two attached hydrogens (primary N) is 1. The largest absolute Gasteiger partial charge is 0.561 e. The van der Waals surface area contributed by atoms with Crippen LogP contribution in [-0.2, 0) is 14.2 Å². The maximum Gasteiger partial charge on any atom is 0.561 e. The molecule has 1 aromatic heterocycles. The van der Waals surface area contributed by atoms with Crippen LogP contribution in [0.2, 0.25) is 0 Å². The number of anilines is 1. The van der Waals surface area contributed by atoms with Crippen LogP contribution in [0.1, 0.15) is 13.8 Å². The van der Waals surface area contributed by atoms with Gasteiger partial charge >= 0.3 is 7.12 Å². The maximum absolute atomic E-state index is 12.0. The molecule has 0 bridgehead atoms. The van der Waals surface area contributed by atoms with E-state index in [1.165, 1.54) is 6.20 Å². The first-order valence-corrected chi connectivity index (χ1v) is 9.23. The van der Waals surface area contributed by atoms with Gasteiger partial charge in [-0.15, -0.1) is 0 Å². The van der Waals surface area contributed by atoms with E-state index in [0.29, 0.717) is 33.5 Å². The van der Waals surface area contributed by atoms with Gasteiger partial charge in [0.1, 0.15) is 5.75 Å². The van der Waals surface area contributed by atoms with Gasteiger partial charge in [-0.2, -0.15) is 10.2 Å². The molecule has 0 saturated carbocycles. The summed E-state index contributed by atoms with van der Waals surface area (Å²) in [6.45, 7) is 3.69. The van der Waals surface area contributed by atoms with Gasteiger partial charge in [-0.3, -0.25) is 9.59 Å². The molecular formula is C20H21BN4O5. The van der Waals surface area contributed by atoms with Gasteiger partial charge in [-0.1, -0.05) is 12.1 Å². The molecule has 0 radical (unpaired) electrons. The summed E-state index contributed by atoms with van der Waals surface area (Å²) >= 11 is 0. The third kappa shape index (κ3) is 4.84. The Morgan fingerprint density at radius 2 is 2.10 bits per heavy atom. The van der Waals surface area contributed by atoms with Crippen molar-refractivity contribution < 1.29 is 24.0 Å². The number of hydrogen-bond acceptors (Lipinski definition) is 8. The Balaban J connectivity index is 2.01. The monoisotopic (exact) mass is 408 g/mol. The van der Waals surface area contributed by atoms with Gasteiger partial charge in [0.15, 0.2) is 6.61 Å². The summed E-state index contributed by atoms with van der Waals surface area (Å²) in [5.41, 5.74) is 8.62. The molecule has 1 amide bonds. The van der Waals surface area contributed by atoms with Crippen LogP contribution in [0.4, 0.5) is 5.69 Å². The van der Waals surface area contributed by atoms with Gasteiger partial charge in [-0.05, 0) is 49.1 Å². The summed E-state index contributed by atoms with van der Waals surface area (Å²) in [4.78, 5) is 22.6. The molecule has 0 saturated heterocycles. The topological polar surface area (TPSA) is 137 Å². The predicted octanol–water partition coefficient (Wildman–Crippen LogP) is 0.643. The van der Waals surface area contributed by atoms with Crippen LogP contribution >= 0.6 is 0 Å². The lowest BCUT2D eigenvalue weighted by Crippen LogP contribution is -2.34. The fourth-order valence-corrected chi connectivity index (χ4v) is 2.94. The van der Waals surface area contributed by atoms with Crippen molar-refractivity contribution in [1.29, 1.82) is 0 Å². The number of hydrogen-bond donors (Lipinski definition) is 3. The van der Waals surface area contributed by atoms with Gasteiger partial charge in [0.2, 0.25) is 0 Å². The lowest BCUT2D eigenvalue weighted by Gasteiger charge is -2.15. The van der Waals surface area contributed by atoms with Crippen LogP contribution in [-0.4, -0.2) is 47.4 Å². The summed E-state index contributed by atoms with van der Waals surface area (Å²) in [5, 5.41) is 21.5. The molecule has 4 N–H and O–H groups in total. The lowest BCUT2D eigenvalue weighted by molar-refractivity contribution is -0.123. The molecule has 30 heavy (non-hydrogen) atoms. The van der Waals surface area contributed by atoms with Crippen LogP contribution in [0.25, 0.3) is 22.0 Å². The molecular weight excluding hydrogens is 387 g/mol. The third-order valence-corrected chi connectivity index (χ3v) is 4.26. The molecule has 3 rings (SSSR count). The molecule has 10 heteroatoms. The Kier molecular flexibility index (Phi) is 6.48. The molecule has 9 nitrogen and oxygen atoms in total. The van der Waals surface area contributed by atoms with E-state index in [1.54, 1.807) is 30.3 Å². The molecule has 3 aromatic rings. The molecule has 0 unspecified atom stereocenters. The van der Waals surface area contributed by atoms with Crippen molar-refractivity contribution in [3.63, 3.8) is 0 Å². The van der Waals surface area contributed by atoms with E-state index in [1.807, 2.05) is 19.9 Å². The molecule has 0 atom stereocenters. The highest BCUT2D eigenvalue weighted by Crippen LogP contribution is 2.32. The van der Waals surface area contributed by atoms with E-state index in [2.05, 4.69) is 20.2 Å². The quantitative estimate of drug-likeness (QED) is 0.365. The van der Waals surface area contributed by atoms with Crippen molar-refractivity contribution in [1.82, 2.24) is 15.5 Å². The number of aromatic nitrogens is 2. The van der Waals surface area contributed by atoms with Crippen molar-refractivity contribution in [2.75, 3.05) is 12.3 Å². The predicted molar refractivity (Wildman–Crippen MR) is 113 cm³/mol. The van der Waals surface area contributed by atoms with Gasteiger partial charge in [0, 0.05) is 17.0 Å². The summed E-state index contributed by atoms with van der Waals surface area (Å²) in [6, 6.07) is 10.1. The minimum Gasteiger partial charge on any atom is -0.508 e. The van der Waals surface area contributed by atoms with E-state index in [-0.39, 0.29) is 25.0 Å². The van der Waals surface area contributed by atoms with Crippen LogP contribution in [0.15, 0.2) is 42.6 Å². The zero-order valence-electron chi connectivity index (χ0n) is 16.5. The molecule has 0 aliphatic carbocycles. The summed E-state index contributed by atoms with van der Waals surface area (Å²) < 4.78 is 10.3. The number of ether oxygens (including phenoxy) is 1. The first-order chi connectivity index (χ1) is 14.4. The van der Waals surface area contributed by atoms with Gasteiger partial charge in [0.05, 0.1) is 17.4 Å². The van der Waals surface area contributed by atoms with Crippen LogP contribution in [0.5, 0.6) is 5.75 Å². The second-order valence-corrected chi connectivity index (χ2v) is 6.88. The zero-order chi connectivity index (χ0) is 21.7. The average molecular weight is 408 g/mol. The second-order valence-electron chi connectivity index (χ2n) is 6.88. The summed E-state index contributed by atoms with van der Waals surface area (Å²) in [6.07, 6.45) is 1.47. The van der Waals surface area contributed by atoms with Crippen molar-refractivity contribution >= 4 is 41.6 Å². The number of carbonyl (C=O) groups excluding carboxylic acids is 2. The highest BCUT2D eigenvalue weighted by molar-refractivity contribution is 6.61. The molecule has 2 aromatic carbocycles. The smallest absolute Gasteiger partial charge is 0.508 e. The number of nitrogens with one attached hydrogen (secondary N) is 1. The third-order valence-electron chi connectivity index (χ3n) is 4.26. The molecule has 1 heterocycles. The van der Waals surface area contributed by atoms with E-state index >= 15 is 0 Å². The maximum atomic E-state index is 12.0. The number of rotatable bonds is 8. The zero-order valence-corrected chi connectivity index (χ0v) is 16.5. The summed E-state index contributed by atoms with van der Waals surface area (Å²) in [5.74, 6) is 0.147. The van der Waals surface area contributed by atoms with Crippen molar-refractivity contribution in [3.8, 4) is 16.9 Å². The average Bonchev–Trinajstić information content (AvgIpc) is 2.72. The molecule has 0 fully saturated rings. The highest BCUT2D eigenvalue weighted by Gasteiger charge is 2.21. The number of benzene rings is 2. The van der Waals surface area contributed by atoms with E-state index in [0.717, 1.165) is 5.39 Å². The van der Waals surface area contributed by atoms with Crippen molar-refractivity contribution in [3.05, 3.63) is 42.6 Å². The van der Waals surface area contributed by atoms with Gasteiger partial charge < -0.3 is 25.5 Å². The lowest BCUT2D eigenvalue weighted by atomic mass is 9.78. The Hall–Kier alpha value is -3.66. The number of carbonyl (C=O) groups is 2. The highest BCUT2D eigenvalue weighted by atomic mass is 16.5. The van der Waals surface area contributed by atoms with Crippen LogP contribution in [0, 0.1) is 0 Å². The molecule has 0 aliphatic heterocycles. The minimum atomic E-state index is -1.43. The molecule has 154 valence electrons. The standard InChI is InChI=1S/C20H21BN4O5/c1-12(2)24-20(27)10-29-19-6-4-14(21(28)30-11-26)8-16(19)13-3-5-15-17(22)9-23-25-18(15)7-13/h3-9,11-12,28H,10H2,1-2H3,(H2,22,25)(H,24,27). The number of amides is 1. The van der Waals surface area contributed by atoms with E-state index < -0.39 is 7.12 Å². The van der Waals surface area contributed by atoms with Gasteiger partial charge in [-0.25, -0.2) is 0 Å². The number of nitrogens with zero attached hydrogens (tertiary/aromatic N) is 2. The van der Waals surface area contributed by atoms with E-state index in [4.69, 9.17) is 10.5 Å². The first-order valence-electron chi connectivity index (χ1n) is 9.23. The SMILES string of the molecule is CC(C)NC(=O)COc1ccc(B(O)OC=O)cc1-c1ccc2c(N)cnnc2c1. The first kappa shape index (κ1) is 21.1. The Labute approximate surface area is 173 Å².